The van der Waals surface area contributed by atoms with Crippen LogP contribution in [0.1, 0.15) is 38.1 Å². The van der Waals surface area contributed by atoms with E-state index in [1.54, 1.807) is 12.5 Å². The molecule has 0 radical (unpaired) electrons. The molecule has 2 aromatic rings. The Labute approximate surface area is 126 Å². The average molecular weight is 307 g/mol. The highest BCUT2D eigenvalue weighted by atomic mass is 35.5. The van der Waals surface area contributed by atoms with E-state index in [1.807, 2.05) is 4.57 Å². The normalized spacial score (nSPS) is 27.0. The van der Waals surface area contributed by atoms with Crippen molar-refractivity contribution in [2.24, 2.45) is 0 Å². The molecule has 8 heteroatoms. The minimum Gasteiger partial charge on any atom is -0.393 e. The van der Waals surface area contributed by atoms with Crippen LogP contribution in [0.3, 0.4) is 0 Å². The van der Waals surface area contributed by atoms with Gasteiger partial charge in [-0.2, -0.15) is 4.98 Å². The minimum absolute atomic E-state index is 0.0865. The lowest BCUT2D eigenvalue weighted by Crippen LogP contribution is -2.51. The second-order valence-electron chi connectivity index (χ2n) is 5.52. The van der Waals surface area contributed by atoms with E-state index in [0.29, 0.717) is 0 Å². The first-order valence-electron chi connectivity index (χ1n) is 7.08. The standard InChI is InChI=1S/C13H15ClN6O/c1-2-9-12-18-16-6-19(12)10-5-15-13(14)17-11(10)20(9)7-3-8(21)4-7/h5-9,21H,2-4H2,1H3/t7?,8?,9-/m1/s1. The summed E-state index contributed by atoms with van der Waals surface area (Å²) in [6.07, 6.45) is 5.52. The Morgan fingerprint density at radius 1 is 1.43 bits per heavy atom. The quantitative estimate of drug-likeness (QED) is 0.847. The fraction of sp³-hybridized carbons (Fsp3) is 0.538. The molecule has 2 aliphatic rings. The summed E-state index contributed by atoms with van der Waals surface area (Å²) in [5.74, 6) is 1.68. The van der Waals surface area contributed by atoms with E-state index in [0.717, 1.165) is 36.6 Å². The number of fused-ring (bicyclic) bond motifs is 3. The van der Waals surface area contributed by atoms with Crippen molar-refractivity contribution in [1.82, 2.24) is 24.7 Å². The molecule has 0 unspecified atom stereocenters. The molecule has 0 spiro atoms. The molecule has 1 fully saturated rings. The van der Waals surface area contributed by atoms with Gasteiger partial charge in [0.2, 0.25) is 5.28 Å². The second kappa shape index (κ2) is 4.64. The first-order valence-corrected chi connectivity index (χ1v) is 7.46. The molecule has 0 saturated heterocycles. The van der Waals surface area contributed by atoms with Gasteiger partial charge in [-0.15, -0.1) is 10.2 Å². The summed E-state index contributed by atoms with van der Waals surface area (Å²) in [6, 6.07) is 0.337. The third-order valence-corrected chi connectivity index (χ3v) is 4.48. The smallest absolute Gasteiger partial charge is 0.224 e. The van der Waals surface area contributed by atoms with Crippen LogP contribution in [0.5, 0.6) is 0 Å². The number of aliphatic hydroxyl groups excluding tert-OH is 1. The minimum atomic E-state index is -0.229. The van der Waals surface area contributed by atoms with Crippen LogP contribution in [-0.4, -0.2) is 42.0 Å². The summed E-state index contributed by atoms with van der Waals surface area (Å²) in [7, 11) is 0. The van der Waals surface area contributed by atoms with Gasteiger partial charge in [-0.25, -0.2) is 4.98 Å². The van der Waals surface area contributed by atoms with Crippen LogP contribution in [0.4, 0.5) is 5.82 Å². The first kappa shape index (κ1) is 13.0. The van der Waals surface area contributed by atoms with Gasteiger partial charge in [-0.3, -0.25) is 4.57 Å². The van der Waals surface area contributed by atoms with E-state index < -0.39 is 0 Å². The molecule has 1 aliphatic carbocycles. The molecular formula is C13H15ClN6O. The average Bonchev–Trinajstić information content (AvgIpc) is 2.91. The molecule has 4 rings (SSSR count). The summed E-state index contributed by atoms with van der Waals surface area (Å²) < 4.78 is 1.92. The van der Waals surface area contributed by atoms with Gasteiger partial charge in [0.1, 0.15) is 12.0 Å². The molecule has 1 aliphatic heterocycles. The number of halogens is 1. The highest BCUT2D eigenvalue weighted by molar-refractivity contribution is 6.28. The van der Waals surface area contributed by atoms with Crippen molar-refractivity contribution in [1.29, 1.82) is 0 Å². The Morgan fingerprint density at radius 2 is 2.24 bits per heavy atom. The SMILES string of the molecule is CC[C@@H]1c2nncn2-c2cnc(Cl)nc2N1C1CC(O)C1. The first-order chi connectivity index (χ1) is 10.2. The molecule has 2 aromatic heterocycles. The van der Waals surface area contributed by atoms with Crippen molar-refractivity contribution in [3.8, 4) is 5.69 Å². The van der Waals surface area contributed by atoms with Crippen LogP contribution in [0.25, 0.3) is 5.69 Å². The molecule has 1 saturated carbocycles. The van der Waals surface area contributed by atoms with E-state index in [1.165, 1.54) is 0 Å². The maximum Gasteiger partial charge on any atom is 0.224 e. The van der Waals surface area contributed by atoms with Crippen molar-refractivity contribution in [2.45, 2.75) is 44.4 Å². The number of aliphatic hydroxyl groups is 1. The Kier molecular flexibility index (Phi) is 2.87. The zero-order valence-corrected chi connectivity index (χ0v) is 12.3. The maximum absolute atomic E-state index is 9.65. The topological polar surface area (TPSA) is 80.0 Å². The van der Waals surface area contributed by atoms with Gasteiger partial charge in [0.05, 0.1) is 18.3 Å². The molecule has 1 atom stereocenters. The van der Waals surface area contributed by atoms with E-state index in [2.05, 4.69) is 32.0 Å². The third-order valence-electron chi connectivity index (χ3n) is 4.30. The molecule has 0 bridgehead atoms. The Bertz CT molecular complexity index is 683. The Balaban J connectivity index is 1.88. The molecular weight excluding hydrogens is 292 g/mol. The Hall–Kier alpha value is -1.73. The molecule has 0 aromatic carbocycles. The lowest BCUT2D eigenvalue weighted by Gasteiger charge is -2.47. The highest BCUT2D eigenvalue weighted by Crippen LogP contribution is 2.43. The van der Waals surface area contributed by atoms with E-state index in [9.17, 15) is 5.11 Å². The summed E-state index contributed by atoms with van der Waals surface area (Å²) >= 11 is 5.99. The lowest BCUT2D eigenvalue weighted by atomic mass is 9.86. The van der Waals surface area contributed by atoms with Crippen LogP contribution >= 0.6 is 11.6 Å². The summed E-state index contributed by atoms with van der Waals surface area (Å²) in [6.45, 7) is 2.11. The predicted molar refractivity (Wildman–Crippen MR) is 76.5 cm³/mol. The van der Waals surface area contributed by atoms with Crippen LogP contribution in [0.2, 0.25) is 5.28 Å². The van der Waals surface area contributed by atoms with Crippen LogP contribution in [0.15, 0.2) is 12.5 Å². The largest absolute Gasteiger partial charge is 0.393 e. The van der Waals surface area contributed by atoms with Gasteiger partial charge < -0.3 is 10.0 Å². The van der Waals surface area contributed by atoms with E-state index >= 15 is 0 Å². The molecule has 110 valence electrons. The van der Waals surface area contributed by atoms with E-state index in [-0.39, 0.29) is 23.5 Å². The maximum atomic E-state index is 9.65. The summed E-state index contributed by atoms with van der Waals surface area (Å²) in [5, 5.41) is 18.2. The molecule has 1 N–H and O–H groups in total. The predicted octanol–water partition coefficient (Wildman–Crippen LogP) is 1.51. The zero-order chi connectivity index (χ0) is 14.6. The number of anilines is 1. The lowest BCUT2D eigenvalue weighted by molar-refractivity contribution is 0.0689. The zero-order valence-electron chi connectivity index (χ0n) is 11.5. The molecule has 3 heterocycles. The van der Waals surface area contributed by atoms with Crippen molar-refractivity contribution < 1.29 is 5.11 Å². The van der Waals surface area contributed by atoms with Gasteiger partial charge in [-0.05, 0) is 30.9 Å². The van der Waals surface area contributed by atoms with Crippen molar-refractivity contribution in [3.05, 3.63) is 23.6 Å². The van der Waals surface area contributed by atoms with Gasteiger partial charge in [0, 0.05) is 6.04 Å². The molecule has 7 nitrogen and oxygen atoms in total. The van der Waals surface area contributed by atoms with Crippen molar-refractivity contribution in [2.75, 3.05) is 4.90 Å². The monoisotopic (exact) mass is 306 g/mol. The van der Waals surface area contributed by atoms with Crippen LogP contribution in [0, 0.1) is 0 Å². The molecule has 21 heavy (non-hydrogen) atoms. The van der Waals surface area contributed by atoms with Gasteiger partial charge in [-0.1, -0.05) is 6.92 Å². The summed E-state index contributed by atoms with van der Waals surface area (Å²) in [5.41, 5.74) is 0.838. The number of rotatable bonds is 2. The summed E-state index contributed by atoms with van der Waals surface area (Å²) in [4.78, 5) is 10.7. The van der Waals surface area contributed by atoms with Crippen molar-refractivity contribution >= 4 is 17.4 Å². The van der Waals surface area contributed by atoms with Crippen molar-refractivity contribution in [3.63, 3.8) is 0 Å². The van der Waals surface area contributed by atoms with Gasteiger partial charge >= 0.3 is 0 Å². The van der Waals surface area contributed by atoms with Crippen LogP contribution in [-0.2, 0) is 0 Å². The number of hydrogen-bond acceptors (Lipinski definition) is 6. The highest BCUT2D eigenvalue weighted by Gasteiger charge is 2.42. The fourth-order valence-electron chi connectivity index (χ4n) is 3.23. The number of aromatic nitrogens is 5. The fourth-order valence-corrected chi connectivity index (χ4v) is 3.36. The van der Waals surface area contributed by atoms with Crippen LogP contribution < -0.4 is 4.90 Å². The third kappa shape index (κ3) is 1.84. The Morgan fingerprint density at radius 3 is 2.95 bits per heavy atom. The van der Waals surface area contributed by atoms with E-state index in [4.69, 9.17) is 11.6 Å². The second-order valence-corrected chi connectivity index (χ2v) is 5.86. The molecule has 0 amide bonds. The van der Waals surface area contributed by atoms with Gasteiger partial charge in [0.25, 0.3) is 0 Å². The number of nitrogens with zero attached hydrogens (tertiary/aromatic N) is 6. The van der Waals surface area contributed by atoms with Gasteiger partial charge in [0.15, 0.2) is 11.6 Å². The number of hydrogen-bond donors (Lipinski definition) is 1.